The number of nitrogens with one attached hydrogen (secondary N) is 1. The summed E-state index contributed by atoms with van der Waals surface area (Å²) in [5.41, 5.74) is 2.68. The summed E-state index contributed by atoms with van der Waals surface area (Å²) in [6.45, 7) is 4.23. The lowest BCUT2D eigenvalue weighted by atomic mass is 10.1. The monoisotopic (exact) mass is 243 g/mol. The summed E-state index contributed by atoms with van der Waals surface area (Å²) in [5.74, 6) is 0.369. The number of imidazole rings is 1. The van der Waals surface area contributed by atoms with Crippen LogP contribution in [0.4, 0.5) is 0 Å². The molecular weight excluding hydrogens is 230 g/mol. The molecule has 1 aromatic heterocycles. The predicted molar refractivity (Wildman–Crippen MR) is 69.8 cm³/mol. The van der Waals surface area contributed by atoms with Gasteiger partial charge in [0.1, 0.15) is 0 Å². The van der Waals surface area contributed by atoms with Gasteiger partial charge in [-0.15, -0.1) is 0 Å². The Bertz CT molecular complexity index is 629. The number of aromatic amines is 1. The quantitative estimate of drug-likeness (QED) is 0.820. The van der Waals surface area contributed by atoms with Crippen LogP contribution in [0, 0.1) is 16.1 Å². The molecule has 86 valence electrons. The molecule has 0 aliphatic heterocycles. The normalized spacial score (nSPS) is 10.5. The highest BCUT2D eigenvalue weighted by atomic mass is 32.1. The van der Waals surface area contributed by atoms with Gasteiger partial charge in [-0.25, -0.2) is 0 Å². The number of H-pyrrole nitrogens is 1. The Morgan fingerprint density at radius 1 is 1.41 bits per heavy atom. The van der Waals surface area contributed by atoms with Crippen molar-refractivity contribution >= 4 is 12.2 Å². The number of hydrogen-bond acceptors (Lipinski definition) is 2. The molecule has 0 bridgehead atoms. The first-order chi connectivity index (χ1) is 8.13. The van der Waals surface area contributed by atoms with Crippen LogP contribution in [-0.4, -0.2) is 9.55 Å². The summed E-state index contributed by atoms with van der Waals surface area (Å²) >= 11 is 5.28. The third-order valence-corrected chi connectivity index (χ3v) is 2.93. The SMILES string of the molecule is CC(C)c1c[nH]c(=S)n1-c1cccc(C#N)c1. The van der Waals surface area contributed by atoms with Gasteiger partial charge >= 0.3 is 0 Å². The van der Waals surface area contributed by atoms with Crippen molar-refractivity contribution in [3.05, 3.63) is 46.5 Å². The van der Waals surface area contributed by atoms with E-state index in [4.69, 9.17) is 17.5 Å². The topological polar surface area (TPSA) is 44.5 Å². The van der Waals surface area contributed by atoms with Crippen LogP contribution in [0.1, 0.15) is 31.0 Å². The van der Waals surface area contributed by atoms with Crippen molar-refractivity contribution in [2.75, 3.05) is 0 Å². The van der Waals surface area contributed by atoms with E-state index >= 15 is 0 Å². The first-order valence-corrected chi connectivity index (χ1v) is 5.85. The minimum Gasteiger partial charge on any atom is -0.337 e. The zero-order valence-corrected chi connectivity index (χ0v) is 10.6. The number of nitrogens with zero attached hydrogens (tertiary/aromatic N) is 2. The van der Waals surface area contributed by atoms with Crippen LogP contribution in [0.5, 0.6) is 0 Å². The van der Waals surface area contributed by atoms with E-state index in [1.54, 1.807) is 6.07 Å². The number of aromatic nitrogens is 2. The van der Waals surface area contributed by atoms with Gasteiger partial charge in [-0.05, 0) is 36.3 Å². The molecule has 0 atom stereocenters. The van der Waals surface area contributed by atoms with E-state index < -0.39 is 0 Å². The third-order valence-electron chi connectivity index (χ3n) is 2.63. The molecule has 0 saturated heterocycles. The van der Waals surface area contributed by atoms with E-state index in [2.05, 4.69) is 24.9 Å². The molecule has 2 aromatic rings. The molecule has 0 saturated carbocycles. The van der Waals surface area contributed by atoms with E-state index in [9.17, 15) is 0 Å². The lowest BCUT2D eigenvalue weighted by Crippen LogP contribution is -2.02. The molecule has 0 fully saturated rings. The second kappa shape index (κ2) is 4.56. The lowest BCUT2D eigenvalue weighted by Gasteiger charge is -2.10. The van der Waals surface area contributed by atoms with E-state index in [0.717, 1.165) is 11.4 Å². The van der Waals surface area contributed by atoms with Crippen LogP contribution in [0.15, 0.2) is 30.5 Å². The summed E-state index contributed by atoms with van der Waals surface area (Å²) in [4.78, 5) is 3.05. The number of benzene rings is 1. The first kappa shape index (κ1) is 11.6. The van der Waals surface area contributed by atoms with Crippen molar-refractivity contribution in [1.29, 1.82) is 5.26 Å². The van der Waals surface area contributed by atoms with Crippen molar-refractivity contribution in [3.63, 3.8) is 0 Å². The Morgan fingerprint density at radius 3 is 2.82 bits per heavy atom. The molecule has 4 heteroatoms. The fourth-order valence-corrected chi connectivity index (χ4v) is 2.06. The Hall–Kier alpha value is -1.86. The van der Waals surface area contributed by atoms with Crippen LogP contribution < -0.4 is 0 Å². The van der Waals surface area contributed by atoms with Crippen LogP contribution in [0.3, 0.4) is 0 Å². The maximum absolute atomic E-state index is 8.91. The highest BCUT2D eigenvalue weighted by molar-refractivity contribution is 7.71. The summed E-state index contributed by atoms with van der Waals surface area (Å²) in [7, 11) is 0. The molecule has 1 heterocycles. The number of hydrogen-bond donors (Lipinski definition) is 1. The second-order valence-electron chi connectivity index (χ2n) is 4.17. The second-order valence-corrected chi connectivity index (χ2v) is 4.56. The fourth-order valence-electron chi connectivity index (χ4n) is 1.79. The van der Waals surface area contributed by atoms with Gasteiger partial charge in [-0.3, -0.25) is 4.57 Å². The molecule has 0 amide bonds. The Morgan fingerprint density at radius 2 is 2.18 bits per heavy atom. The molecule has 17 heavy (non-hydrogen) atoms. The van der Waals surface area contributed by atoms with Crippen molar-refractivity contribution in [3.8, 4) is 11.8 Å². The predicted octanol–water partition coefficient (Wildman–Crippen LogP) is 3.53. The first-order valence-electron chi connectivity index (χ1n) is 5.44. The van der Waals surface area contributed by atoms with Crippen LogP contribution in [-0.2, 0) is 0 Å². The molecule has 0 unspecified atom stereocenters. The van der Waals surface area contributed by atoms with E-state index in [1.807, 2.05) is 29.0 Å². The van der Waals surface area contributed by atoms with Gasteiger partial charge in [0.15, 0.2) is 4.77 Å². The van der Waals surface area contributed by atoms with E-state index in [1.165, 1.54) is 0 Å². The van der Waals surface area contributed by atoms with Gasteiger partial charge in [0.25, 0.3) is 0 Å². The smallest absolute Gasteiger partial charge is 0.182 e. The van der Waals surface area contributed by atoms with Gasteiger partial charge in [-0.1, -0.05) is 19.9 Å². The zero-order valence-electron chi connectivity index (χ0n) is 9.77. The Balaban J connectivity index is 2.64. The standard InChI is InChI=1S/C13H13N3S/c1-9(2)12-8-15-13(17)16(12)11-5-3-4-10(6-11)7-14/h3-6,8-9H,1-2H3,(H,15,17). The van der Waals surface area contributed by atoms with Gasteiger partial charge in [0, 0.05) is 17.6 Å². The van der Waals surface area contributed by atoms with Crippen LogP contribution >= 0.6 is 12.2 Å². The van der Waals surface area contributed by atoms with Crippen molar-refractivity contribution in [1.82, 2.24) is 9.55 Å². The summed E-state index contributed by atoms with van der Waals surface area (Å²) in [6.07, 6.45) is 1.92. The lowest BCUT2D eigenvalue weighted by molar-refractivity contribution is 0.783. The summed E-state index contributed by atoms with van der Waals surface area (Å²) in [5, 5.41) is 8.91. The van der Waals surface area contributed by atoms with Gasteiger partial charge in [0.2, 0.25) is 0 Å². The highest BCUT2D eigenvalue weighted by Gasteiger charge is 2.09. The molecule has 3 nitrogen and oxygen atoms in total. The molecule has 1 N–H and O–H groups in total. The van der Waals surface area contributed by atoms with E-state index in [-0.39, 0.29) is 0 Å². The molecule has 1 aromatic carbocycles. The molecule has 0 aliphatic carbocycles. The Labute approximate surface area is 105 Å². The van der Waals surface area contributed by atoms with Gasteiger partial charge in [-0.2, -0.15) is 5.26 Å². The van der Waals surface area contributed by atoms with E-state index in [0.29, 0.717) is 16.3 Å². The average Bonchev–Trinajstić information content (AvgIpc) is 2.71. The molecule has 0 radical (unpaired) electrons. The fraction of sp³-hybridized carbons (Fsp3) is 0.231. The maximum atomic E-state index is 8.91. The molecule has 2 rings (SSSR count). The third kappa shape index (κ3) is 2.15. The summed E-state index contributed by atoms with van der Waals surface area (Å²) < 4.78 is 2.63. The minimum atomic E-state index is 0.369. The van der Waals surface area contributed by atoms with Gasteiger partial charge in [0.05, 0.1) is 11.6 Å². The molecular formula is C13H13N3S. The molecule has 0 spiro atoms. The van der Waals surface area contributed by atoms with Crippen molar-refractivity contribution in [2.45, 2.75) is 19.8 Å². The largest absolute Gasteiger partial charge is 0.337 e. The Kier molecular flexibility index (Phi) is 3.12. The van der Waals surface area contributed by atoms with Crippen molar-refractivity contribution < 1.29 is 0 Å². The highest BCUT2D eigenvalue weighted by Crippen LogP contribution is 2.20. The van der Waals surface area contributed by atoms with Crippen molar-refractivity contribution in [2.24, 2.45) is 0 Å². The van der Waals surface area contributed by atoms with Crippen LogP contribution in [0.25, 0.3) is 5.69 Å². The zero-order chi connectivity index (χ0) is 12.4. The molecule has 0 aliphatic rings. The number of rotatable bonds is 2. The summed E-state index contributed by atoms with van der Waals surface area (Å²) in [6, 6.07) is 9.59. The minimum absolute atomic E-state index is 0.369. The van der Waals surface area contributed by atoms with Gasteiger partial charge < -0.3 is 4.98 Å². The number of nitriles is 1. The maximum Gasteiger partial charge on any atom is 0.182 e. The van der Waals surface area contributed by atoms with Crippen LogP contribution in [0.2, 0.25) is 0 Å². The average molecular weight is 243 g/mol.